The van der Waals surface area contributed by atoms with Gasteiger partial charge in [0.25, 0.3) is 0 Å². The Labute approximate surface area is 152 Å². The molecule has 0 spiro atoms. The van der Waals surface area contributed by atoms with Gasteiger partial charge in [0, 0.05) is 27.3 Å². The molecule has 0 unspecified atom stereocenters. The summed E-state index contributed by atoms with van der Waals surface area (Å²) in [5.41, 5.74) is 4.69. The summed E-state index contributed by atoms with van der Waals surface area (Å²) >= 11 is 0. The number of allylic oxidation sites excluding steroid dienone is 10. The molecule has 112 valence electrons. The summed E-state index contributed by atoms with van der Waals surface area (Å²) in [5, 5.41) is 0. The second kappa shape index (κ2) is 10.4. The Kier molecular flexibility index (Phi) is 10.2. The molecule has 0 heterocycles. The maximum absolute atomic E-state index is 3.13. The molecular formula is C20H29Cd-. The minimum atomic E-state index is 0. The van der Waals surface area contributed by atoms with E-state index in [0.29, 0.717) is 5.41 Å². The molecule has 1 rings (SSSR count). The smallest absolute Gasteiger partial charge is 0 e. The molecule has 0 aliphatic heterocycles. The Morgan fingerprint density at radius 2 is 2.05 bits per heavy atom. The van der Waals surface area contributed by atoms with E-state index in [1.165, 1.54) is 30.4 Å². The predicted molar refractivity (Wildman–Crippen MR) is 90.5 cm³/mol. The summed E-state index contributed by atoms with van der Waals surface area (Å²) in [5.74, 6) is 0. The average Bonchev–Trinajstić information content (AvgIpc) is 2.37. The van der Waals surface area contributed by atoms with Crippen LogP contribution in [-0.2, 0) is 27.3 Å². The van der Waals surface area contributed by atoms with Gasteiger partial charge in [-0.2, -0.15) is 6.08 Å². The first-order valence-electron chi connectivity index (χ1n) is 7.77. The summed E-state index contributed by atoms with van der Waals surface area (Å²) in [4.78, 5) is 0. The van der Waals surface area contributed by atoms with Crippen LogP contribution in [0.2, 0.25) is 0 Å². The molecule has 0 atom stereocenters. The van der Waals surface area contributed by atoms with E-state index in [1.807, 2.05) is 12.2 Å². The fourth-order valence-corrected chi connectivity index (χ4v) is 2.72. The van der Waals surface area contributed by atoms with Crippen LogP contribution in [0.3, 0.4) is 0 Å². The average molecular weight is 382 g/mol. The molecular weight excluding hydrogens is 353 g/mol. The first-order chi connectivity index (χ1) is 9.47. The van der Waals surface area contributed by atoms with E-state index < -0.39 is 0 Å². The van der Waals surface area contributed by atoms with E-state index in [2.05, 4.69) is 65.0 Å². The van der Waals surface area contributed by atoms with Crippen molar-refractivity contribution in [2.45, 2.75) is 60.3 Å². The second-order valence-electron chi connectivity index (χ2n) is 6.31. The van der Waals surface area contributed by atoms with Crippen LogP contribution in [0.1, 0.15) is 60.3 Å². The molecule has 1 aliphatic rings. The first-order valence-corrected chi connectivity index (χ1v) is 7.77. The molecule has 0 saturated carbocycles. The van der Waals surface area contributed by atoms with E-state index in [9.17, 15) is 0 Å². The first kappa shape index (κ1) is 20.6. The molecule has 0 fully saturated rings. The molecule has 0 N–H and O–H groups in total. The molecule has 0 nitrogen and oxygen atoms in total. The van der Waals surface area contributed by atoms with Crippen LogP contribution in [0.15, 0.2) is 53.2 Å². The molecule has 0 saturated heterocycles. The van der Waals surface area contributed by atoms with E-state index in [4.69, 9.17) is 0 Å². The minimum Gasteiger partial charge on any atom is -0.255 e. The number of hydrogen-bond donors (Lipinski definition) is 0. The van der Waals surface area contributed by atoms with E-state index in [0.717, 1.165) is 6.42 Å². The summed E-state index contributed by atoms with van der Waals surface area (Å²) < 4.78 is 0. The fourth-order valence-electron chi connectivity index (χ4n) is 2.72. The normalized spacial score (nSPS) is 19.8. The quantitative estimate of drug-likeness (QED) is 0.296. The third-order valence-corrected chi connectivity index (χ3v) is 3.93. The topological polar surface area (TPSA) is 0 Å². The molecule has 1 aliphatic carbocycles. The molecule has 0 amide bonds. The van der Waals surface area contributed by atoms with Crippen molar-refractivity contribution in [3.63, 3.8) is 0 Å². The van der Waals surface area contributed by atoms with Crippen LogP contribution in [0.5, 0.6) is 0 Å². The van der Waals surface area contributed by atoms with Gasteiger partial charge in [0.05, 0.1) is 0 Å². The van der Waals surface area contributed by atoms with Gasteiger partial charge in [-0.15, -0.1) is 6.08 Å². The summed E-state index contributed by atoms with van der Waals surface area (Å²) in [7, 11) is 0. The Morgan fingerprint density at radius 1 is 1.33 bits per heavy atom. The van der Waals surface area contributed by atoms with Crippen molar-refractivity contribution in [1.29, 1.82) is 0 Å². The van der Waals surface area contributed by atoms with Crippen molar-refractivity contribution in [2.24, 2.45) is 5.41 Å². The second-order valence-corrected chi connectivity index (χ2v) is 6.31. The molecule has 0 bridgehead atoms. The van der Waals surface area contributed by atoms with Crippen LogP contribution in [0, 0.1) is 11.5 Å². The number of rotatable bonds is 5. The van der Waals surface area contributed by atoms with Crippen molar-refractivity contribution in [2.75, 3.05) is 0 Å². The standard InChI is InChI=1S/C20H29.Cd/c1-6-7-8-9-10-12-17(2)14-15-19-18(3)13-11-16-20(19,4)5;/h7,9-10,12,14-15H,6,11,13,16H2,1-5H3;/q-1;/b10-9+,15-14+,17-12+;. The Hall–Kier alpha value is -0.378. The molecule has 0 aromatic carbocycles. The molecule has 21 heavy (non-hydrogen) atoms. The maximum atomic E-state index is 3.13. The van der Waals surface area contributed by atoms with Crippen LogP contribution < -0.4 is 0 Å². The largest absolute Gasteiger partial charge is 0.255 e. The Morgan fingerprint density at radius 3 is 2.67 bits per heavy atom. The van der Waals surface area contributed by atoms with Gasteiger partial charge in [-0.05, 0) is 44.1 Å². The Balaban J connectivity index is 0.00000400. The minimum absolute atomic E-state index is 0. The zero-order valence-corrected chi connectivity index (χ0v) is 18.5. The van der Waals surface area contributed by atoms with Crippen LogP contribution >= 0.6 is 0 Å². The van der Waals surface area contributed by atoms with Crippen molar-refractivity contribution >= 4 is 0 Å². The monoisotopic (exact) mass is 383 g/mol. The van der Waals surface area contributed by atoms with Crippen LogP contribution in [-0.4, -0.2) is 0 Å². The van der Waals surface area contributed by atoms with Gasteiger partial charge < -0.3 is 0 Å². The molecule has 0 radical (unpaired) electrons. The van der Waals surface area contributed by atoms with Crippen molar-refractivity contribution in [3.05, 3.63) is 59.3 Å². The zero-order valence-electron chi connectivity index (χ0n) is 14.5. The van der Waals surface area contributed by atoms with E-state index in [1.54, 1.807) is 5.57 Å². The Bertz CT molecular complexity index is 456. The SMILES string of the molecule is CCC=[C-]/C=C/C=C(C)/C=C/C1=C(C)CCCC1(C)C.[Cd]. The van der Waals surface area contributed by atoms with Crippen LogP contribution in [0.4, 0.5) is 0 Å². The van der Waals surface area contributed by atoms with Gasteiger partial charge in [-0.25, -0.2) is 12.2 Å². The van der Waals surface area contributed by atoms with E-state index in [-0.39, 0.29) is 27.3 Å². The van der Waals surface area contributed by atoms with Gasteiger partial charge in [-0.3, -0.25) is 6.08 Å². The van der Waals surface area contributed by atoms with Gasteiger partial charge in [-0.1, -0.05) is 50.5 Å². The van der Waals surface area contributed by atoms with Gasteiger partial charge in [0.15, 0.2) is 0 Å². The summed E-state index contributed by atoms with van der Waals surface area (Å²) in [6, 6.07) is 0. The maximum Gasteiger partial charge on any atom is 0 e. The van der Waals surface area contributed by atoms with Crippen LogP contribution in [0.25, 0.3) is 0 Å². The van der Waals surface area contributed by atoms with Crippen molar-refractivity contribution in [3.8, 4) is 0 Å². The molecule has 1 heteroatoms. The zero-order chi connectivity index (χ0) is 15.0. The predicted octanol–water partition coefficient (Wildman–Crippen LogP) is 6.34. The molecule has 0 aromatic heterocycles. The third-order valence-electron chi connectivity index (χ3n) is 3.93. The summed E-state index contributed by atoms with van der Waals surface area (Å²) in [6.45, 7) is 11.3. The number of hydrogen-bond acceptors (Lipinski definition) is 0. The molecule has 0 aromatic rings. The van der Waals surface area contributed by atoms with E-state index >= 15 is 0 Å². The summed E-state index contributed by atoms with van der Waals surface area (Å²) in [6.07, 6.45) is 20.8. The third kappa shape index (κ3) is 7.44. The van der Waals surface area contributed by atoms with Gasteiger partial charge in [0.2, 0.25) is 0 Å². The van der Waals surface area contributed by atoms with Gasteiger partial charge in [0.1, 0.15) is 0 Å². The van der Waals surface area contributed by atoms with Crippen molar-refractivity contribution in [1.82, 2.24) is 0 Å². The van der Waals surface area contributed by atoms with Crippen molar-refractivity contribution < 1.29 is 27.3 Å². The van der Waals surface area contributed by atoms with Gasteiger partial charge >= 0.3 is 0 Å². The fraction of sp³-hybridized carbons (Fsp3) is 0.500.